The van der Waals surface area contributed by atoms with E-state index in [1.165, 1.54) is 0 Å². The zero-order chi connectivity index (χ0) is 19.8. The van der Waals surface area contributed by atoms with E-state index in [1.54, 1.807) is 7.05 Å². The Balaban J connectivity index is 0.00000300. The molecule has 0 spiro atoms. The Hall–Kier alpha value is -2.89. The van der Waals surface area contributed by atoms with Crippen molar-refractivity contribution in [3.05, 3.63) is 60.0 Å². The predicted octanol–water partition coefficient (Wildman–Crippen LogP) is 1.12. The standard InChI is InChI=1S/C19H23N7O2.HI/c1-21-19(23-12-18-25-24-17-4-2-3-11-26(17)18)22-10-9-14-5-7-15(8-6-14)28-13-16(20)27;/h2-8,11H,9-10,12-13H2,1H3,(H2,20,27)(H2,21,22,23);1H. The normalized spacial score (nSPS) is 11.0. The molecule has 4 N–H and O–H groups in total. The van der Waals surface area contributed by atoms with Crippen LogP contribution in [0.5, 0.6) is 5.75 Å². The molecule has 3 rings (SSSR count). The fourth-order valence-corrected chi connectivity index (χ4v) is 2.63. The van der Waals surface area contributed by atoms with Gasteiger partial charge in [0.2, 0.25) is 0 Å². The molecule has 0 unspecified atom stereocenters. The third-order valence-electron chi connectivity index (χ3n) is 4.03. The van der Waals surface area contributed by atoms with E-state index in [2.05, 4.69) is 25.8 Å². The van der Waals surface area contributed by atoms with Crippen LogP contribution in [0.25, 0.3) is 5.65 Å². The highest BCUT2D eigenvalue weighted by Crippen LogP contribution is 2.12. The zero-order valence-electron chi connectivity index (χ0n) is 16.0. The Kier molecular flexibility index (Phi) is 8.65. The van der Waals surface area contributed by atoms with E-state index in [4.69, 9.17) is 10.5 Å². The number of hydrogen-bond donors (Lipinski definition) is 3. The monoisotopic (exact) mass is 509 g/mol. The van der Waals surface area contributed by atoms with Crippen molar-refractivity contribution in [2.45, 2.75) is 13.0 Å². The first-order valence-electron chi connectivity index (χ1n) is 8.89. The number of carbonyl (C=O) groups is 1. The highest BCUT2D eigenvalue weighted by atomic mass is 127. The Morgan fingerprint density at radius 2 is 1.97 bits per heavy atom. The molecule has 10 heteroatoms. The number of ether oxygens (including phenoxy) is 1. The van der Waals surface area contributed by atoms with Crippen molar-refractivity contribution in [3.8, 4) is 5.75 Å². The summed E-state index contributed by atoms with van der Waals surface area (Å²) in [4.78, 5) is 15.0. The van der Waals surface area contributed by atoms with Gasteiger partial charge in [-0.2, -0.15) is 0 Å². The molecule has 0 aliphatic carbocycles. The van der Waals surface area contributed by atoms with Crippen molar-refractivity contribution in [2.24, 2.45) is 10.7 Å². The summed E-state index contributed by atoms with van der Waals surface area (Å²) in [5.41, 5.74) is 7.01. The fourth-order valence-electron chi connectivity index (χ4n) is 2.63. The van der Waals surface area contributed by atoms with E-state index in [0.717, 1.165) is 23.5 Å². The van der Waals surface area contributed by atoms with E-state index in [9.17, 15) is 4.79 Å². The van der Waals surface area contributed by atoms with Crippen LogP contribution in [0.2, 0.25) is 0 Å². The van der Waals surface area contributed by atoms with Gasteiger partial charge in [-0.15, -0.1) is 34.2 Å². The second-order valence-electron chi connectivity index (χ2n) is 6.05. The lowest BCUT2D eigenvalue weighted by atomic mass is 10.1. The van der Waals surface area contributed by atoms with E-state index in [-0.39, 0.29) is 30.6 Å². The Bertz CT molecular complexity index is 957. The number of aromatic nitrogens is 3. The molecule has 0 saturated heterocycles. The number of nitrogens with two attached hydrogens (primary N) is 1. The molecule has 154 valence electrons. The van der Waals surface area contributed by atoms with E-state index >= 15 is 0 Å². The second kappa shape index (κ2) is 11.2. The number of halogens is 1. The van der Waals surface area contributed by atoms with Crippen molar-refractivity contribution in [2.75, 3.05) is 20.2 Å². The molecule has 0 bridgehead atoms. The Labute approximate surface area is 185 Å². The third kappa shape index (κ3) is 6.59. The molecule has 2 heterocycles. The molecular weight excluding hydrogens is 485 g/mol. The van der Waals surface area contributed by atoms with Gasteiger partial charge in [-0.25, -0.2) is 0 Å². The van der Waals surface area contributed by atoms with Crippen molar-refractivity contribution >= 4 is 41.5 Å². The van der Waals surface area contributed by atoms with Crippen LogP contribution in [0.15, 0.2) is 53.7 Å². The fraction of sp³-hybridized carbons (Fsp3) is 0.263. The van der Waals surface area contributed by atoms with Crippen LogP contribution in [-0.4, -0.2) is 46.7 Å². The van der Waals surface area contributed by atoms with Gasteiger partial charge in [0.25, 0.3) is 5.91 Å². The van der Waals surface area contributed by atoms with Gasteiger partial charge < -0.3 is 21.1 Å². The van der Waals surface area contributed by atoms with Gasteiger partial charge in [0.15, 0.2) is 24.0 Å². The number of hydrogen-bond acceptors (Lipinski definition) is 5. The maximum Gasteiger partial charge on any atom is 0.255 e. The summed E-state index contributed by atoms with van der Waals surface area (Å²) in [6.45, 7) is 1.10. The first-order chi connectivity index (χ1) is 13.7. The first-order valence-corrected chi connectivity index (χ1v) is 8.89. The number of amides is 1. The molecule has 0 saturated carbocycles. The van der Waals surface area contributed by atoms with Crippen LogP contribution in [0.3, 0.4) is 0 Å². The number of nitrogens with one attached hydrogen (secondary N) is 2. The average Bonchev–Trinajstić information content (AvgIpc) is 3.13. The molecule has 3 aromatic rings. The second-order valence-corrected chi connectivity index (χ2v) is 6.05. The number of guanidine groups is 1. The van der Waals surface area contributed by atoms with Crippen molar-refractivity contribution < 1.29 is 9.53 Å². The van der Waals surface area contributed by atoms with Crippen LogP contribution < -0.4 is 21.1 Å². The number of fused-ring (bicyclic) bond motifs is 1. The van der Waals surface area contributed by atoms with Crippen LogP contribution in [0.4, 0.5) is 0 Å². The van der Waals surface area contributed by atoms with Crippen LogP contribution in [0.1, 0.15) is 11.4 Å². The lowest BCUT2D eigenvalue weighted by Gasteiger charge is -2.11. The number of carbonyl (C=O) groups excluding carboxylic acids is 1. The number of rotatable bonds is 8. The van der Waals surface area contributed by atoms with Crippen molar-refractivity contribution in [1.82, 2.24) is 25.2 Å². The summed E-state index contributed by atoms with van der Waals surface area (Å²) in [6, 6.07) is 13.3. The number of aliphatic imine (C=N–C) groups is 1. The molecule has 1 aromatic carbocycles. The summed E-state index contributed by atoms with van der Waals surface area (Å²) in [5, 5.41) is 14.8. The summed E-state index contributed by atoms with van der Waals surface area (Å²) < 4.78 is 7.18. The maximum absolute atomic E-state index is 10.7. The quantitative estimate of drug-likeness (QED) is 0.238. The molecule has 2 aromatic heterocycles. The Morgan fingerprint density at radius 1 is 1.17 bits per heavy atom. The molecule has 29 heavy (non-hydrogen) atoms. The third-order valence-corrected chi connectivity index (χ3v) is 4.03. The van der Waals surface area contributed by atoms with Gasteiger partial charge in [0, 0.05) is 19.8 Å². The number of nitrogens with zero attached hydrogens (tertiary/aromatic N) is 4. The molecule has 0 aliphatic heterocycles. The molecule has 1 amide bonds. The summed E-state index contributed by atoms with van der Waals surface area (Å²) in [5.74, 6) is 1.62. The smallest absolute Gasteiger partial charge is 0.255 e. The molecule has 0 radical (unpaired) electrons. The van der Waals surface area contributed by atoms with Gasteiger partial charge in [-0.3, -0.25) is 14.2 Å². The maximum atomic E-state index is 10.7. The lowest BCUT2D eigenvalue weighted by molar-refractivity contribution is -0.119. The van der Waals surface area contributed by atoms with Gasteiger partial charge >= 0.3 is 0 Å². The molecule has 0 aliphatic rings. The van der Waals surface area contributed by atoms with Gasteiger partial charge in [0.1, 0.15) is 5.75 Å². The number of benzene rings is 1. The summed E-state index contributed by atoms with van der Waals surface area (Å²) >= 11 is 0. The Morgan fingerprint density at radius 3 is 2.69 bits per heavy atom. The summed E-state index contributed by atoms with van der Waals surface area (Å²) in [7, 11) is 1.72. The van der Waals surface area contributed by atoms with Crippen molar-refractivity contribution in [3.63, 3.8) is 0 Å². The molecule has 9 nitrogen and oxygen atoms in total. The van der Waals surface area contributed by atoms with Crippen LogP contribution in [-0.2, 0) is 17.8 Å². The first kappa shape index (κ1) is 22.4. The van der Waals surface area contributed by atoms with E-state index in [0.29, 0.717) is 24.8 Å². The van der Waals surface area contributed by atoms with E-state index < -0.39 is 5.91 Å². The SMILES string of the molecule is CN=C(NCCc1ccc(OCC(N)=O)cc1)NCc1nnc2ccccn12.I. The minimum absolute atomic E-state index is 0. The van der Waals surface area contributed by atoms with Crippen LogP contribution in [0, 0.1) is 0 Å². The van der Waals surface area contributed by atoms with Gasteiger partial charge in [-0.05, 0) is 36.2 Å². The zero-order valence-corrected chi connectivity index (χ0v) is 18.4. The molecule has 0 fully saturated rings. The van der Waals surface area contributed by atoms with Crippen molar-refractivity contribution in [1.29, 1.82) is 0 Å². The largest absolute Gasteiger partial charge is 0.484 e. The summed E-state index contributed by atoms with van der Waals surface area (Å²) in [6.07, 6.45) is 2.74. The highest BCUT2D eigenvalue weighted by Gasteiger charge is 2.05. The number of pyridine rings is 1. The highest BCUT2D eigenvalue weighted by molar-refractivity contribution is 14.0. The predicted molar refractivity (Wildman–Crippen MR) is 121 cm³/mol. The molecular formula is C19H24IN7O2. The lowest BCUT2D eigenvalue weighted by Crippen LogP contribution is -2.38. The van der Waals surface area contributed by atoms with Gasteiger partial charge in [-0.1, -0.05) is 18.2 Å². The average molecular weight is 509 g/mol. The minimum Gasteiger partial charge on any atom is -0.484 e. The van der Waals surface area contributed by atoms with E-state index in [1.807, 2.05) is 53.1 Å². The minimum atomic E-state index is -0.494. The molecule has 0 atom stereocenters. The van der Waals surface area contributed by atoms with Crippen LogP contribution >= 0.6 is 24.0 Å². The van der Waals surface area contributed by atoms with Gasteiger partial charge in [0.05, 0.1) is 6.54 Å². The number of primary amides is 1. The topological polar surface area (TPSA) is 119 Å².